The third kappa shape index (κ3) is 4.55. The minimum atomic E-state index is -0.197. The smallest absolute Gasteiger partial charge is 0.255 e. The van der Waals surface area contributed by atoms with Crippen molar-refractivity contribution in [2.45, 2.75) is 13.5 Å². The Morgan fingerprint density at radius 2 is 2.04 bits per heavy atom. The molecule has 0 unspecified atom stereocenters. The molecule has 0 saturated heterocycles. The SMILES string of the molecule is Cc1cc(Cl)ccc1NC(=O)c1ccnc(NCc2cccnc2)c1. The zero-order valence-corrected chi connectivity index (χ0v) is 14.4. The number of carbonyl (C=O) groups is 1. The first-order valence-electron chi connectivity index (χ1n) is 7.78. The number of nitrogens with one attached hydrogen (secondary N) is 2. The molecule has 0 bridgehead atoms. The van der Waals surface area contributed by atoms with E-state index in [-0.39, 0.29) is 5.91 Å². The van der Waals surface area contributed by atoms with Gasteiger partial charge < -0.3 is 10.6 Å². The Balaban J connectivity index is 1.69. The number of aryl methyl sites for hydroxylation is 1. The quantitative estimate of drug-likeness (QED) is 0.718. The van der Waals surface area contributed by atoms with Crippen LogP contribution in [0.5, 0.6) is 0 Å². The topological polar surface area (TPSA) is 66.9 Å². The van der Waals surface area contributed by atoms with Crippen LogP contribution < -0.4 is 10.6 Å². The van der Waals surface area contributed by atoms with Crippen LogP contribution in [0, 0.1) is 6.92 Å². The van der Waals surface area contributed by atoms with Crippen LogP contribution in [0.2, 0.25) is 5.02 Å². The van der Waals surface area contributed by atoms with Gasteiger partial charge in [-0.25, -0.2) is 4.98 Å². The molecule has 0 fully saturated rings. The lowest BCUT2D eigenvalue weighted by Gasteiger charge is -2.10. The van der Waals surface area contributed by atoms with Crippen LogP contribution in [0.3, 0.4) is 0 Å². The molecular weight excluding hydrogens is 336 g/mol. The summed E-state index contributed by atoms with van der Waals surface area (Å²) < 4.78 is 0. The third-order valence-corrected chi connectivity index (χ3v) is 3.89. The molecule has 0 spiro atoms. The lowest BCUT2D eigenvalue weighted by Crippen LogP contribution is -2.13. The van der Waals surface area contributed by atoms with Gasteiger partial charge in [0.15, 0.2) is 0 Å². The summed E-state index contributed by atoms with van der Waals surface area (Å²) in [6.45, 7) is 2.48. The molecular formula is C19H17ClN4O. The van der Waals surface area contributed by atoms with Crippen LogP contribution in [0.25, 0.3) is 0 Å². The summed E-state index contributed by atoms with van der Waals surface area (Å²) in [5.74, 6) is 0.432. The van der Waals surface area contributed by atoms with Gasteiger partial charge in [0.05, 0.1) is 0 Å². The summed E-state index contributed by atoms with van der Waals surface area (Å²) in [5.41, 5.74) is 3.20. The maximum Gasteiger partial charge on any atom is 0.255 e. The molecule has 3 rings (SSSR count). The summed E-state index contributed by atoms with van der Waals surface area (Å²) in [7, 11) is 0. The second-order valence-electron chi connectivity index (χ2n) is 5.56. The van der Waals surface area contributed by atoms with Gasteiger partial charge >= 0.3 is 0 Å². The number of hydrogen-bond donors (Lipinski definition) is 2. The molecule has 1 aromatic carbocycles. The molecule has 0 aliphatic carbocycles. The second-order valence-corrected chi connectivity index (χ2v) is 5.99. The van der Waals surface area contributed by atoms with Gasteiger partial charge in [-0.2, -0.15) is 0 Å². The van der Waals surface area contributed by atoms with Gasteiger partial charge in [0.2, 0.25) is 0 Å². The Labute approximate surface area is 151 Å². The maximum atomic E-state index is 12.5. The van der Waals surface area contributed by atoms with Crippen molar-refractivity contribution in [3.05, 3.63) is 82.8 Å². The number of amides is 1. The van der Waals surface area contributed by atoms with E-state index in [9.17, 15) is 4.79 Å². The van der Waals surface area contributed by atoms with Crippen LogP contribution in [0.1, 0.15) is 21.5 Å². The standard InChI is InChI=1S/C19H17ClN4O/c1-13-9-16(20)4-5-17(13)24-19(25)15-6-8-22-18(10-15)23-12-14-3-2-7-21-11-14/h2-11H,12H2,1H3,(H,22,23)(H,24,25). The molecule has 0 atom stereocenters. The monoisotopic (exact) mass is 352 g/mol. The first kappa shape index (κ1) is 16.9. The van der Waals surface area contributed by atoms with E-state index in [4.69, 9.17) is 11.6 Å². The minimum Gasteiger partial charge on any atom is -0.366 e. The predicted molar refractivity (Wildman–Crippen MR) is 99.9 cm³/mol. The Kier molecular flexibility index (Phi) is 5.26. The second kappa shape index (κ2) is 7.77. The number of anilines is 2. The van der Waals surface area contributed by atoms with E-state index in [1.54, 1.807) is 42.9 Å². The molecule has 0 saturated carbocycles. The first-order valence-corrected chi connectivity index (χ1v) is 8.16. The van der Waals surface area contributed by atoms with E-state index in [0.29, 0.717) is 22.9 Å². The highest BCUT2D eigenvalue weighted by Crippen LogP contribution is 2.20. The molecule has 126 valence electrons. The van der Waals surface area contributed by atoms with Crippen LogP contribution in [0.15, 0.2) is 61.1 Å². The fraction of sp³-hybridized carbons (Fsp3) is 0.105. The van der Waals surface area contributed by atoms with Crippen LogP contribution in [-0.4, -0.2) is 15.9 Å². The molecule has 0 aliphatic heterocycles. The number of nitrogens with zero attached hydrogens (tertiary/aromatic N) is 2. The molecule has 2 aromatic heterocycles. The molecule has 6 heteroatoms. The van der Waals surface area contributed by atoms with Crippen LogP contribution in [-0.2, 0) is 6.54 Å². The van der Waals surface area contributed by atoms with E-state index < -0.39 is 0 Å². The predicted octanol–water partition coefficient (Wildman–Crippen LogP) is 4.30. The summed E-state index contributed by atoms with van der Waals surface area (Å²) in [6.07, 6.45) is 5.12. The zero-order valence-electron chi connectivity index (χ0n) is 13.7. The van der Waals surface area contributed by atoms with Gasteiger partial charge in [0.1, 0.15) is 5.82 Å². The van der Waals surface area contributed by atoms with Crippen LogP contribution in [0.4, 0.5) is 11.5 Å². The lowest BCUT2D eigenvalue weighted by molar-refractivity contribution is 0.102. The number of carbonyl (C=O) groups excluding carboxylic acids is 1. The molecule has 25 heavy (non-hydrogen) atoms. The van der Waals surface area contributed by atoms with Gasteiger partial charge in [-0.1, -0.05) is 17.7 Å². The Morgan fingerprint density at radius 3 is 2.80 bits per heavy atom. The van der Waals surface area contributed by atoms with Crippen molar-refractivity contribution in [2.75, 3.05) is 10.6 Å². The number of aromatic nitrogens is 2. The van der Waals surface area contributed by atoms with Crippen molar-refractivity contribution in [3.8, 4) is 0 Å². The van der Waals surface area contributed by atoms with E-state index in [0.717, 1.165) is 16.8 Å². The average Bonchev–Trinajstić information content (AvgIpc) is 2.63. The zero-order chi connectivity index (χ0) is 17.6. The molecule has 1 amide bonds. The van der Waals surface area contributed by atoms with Crippen molar-refractivity contribution < 1.29 is 4.79 Å². The highest BCUT2D eigenvalue weighted by molar-refractivity contribution is 6.30. The highest BCUT2D eigenvalue weighted by atomic mass is 35.5. The number of pyridine rings is 2. The molecule has 2 N–H and O–H groups in total. The Morgan fingerprint density at radius 1 is 1.16 bits per heavy atom. The van der Waals surface area contributed by atoms with E-state index in [1.807, 2.05) is 25.1 Å². The first-order chi connectivity index (χ1) is 12.1. The molecule has 3 aromatic rings. The van der Waals surface area contributed by atoms with Gasteiger partial charge in [0, 0.05) is 41.4 Å². The van der Waals surface area contributed by atoms with Crippen molar-refractivity contribution in [1.82, 2.24) is 9.97 Å². The molecule has 0 aliphatic rings. The minimum absolute atomic E-state index is 0.197. The average molecular weight is 353 g/mol. The molecule has 5 nitrogen and oxygen atoms in total. The number of benzene rings is 1. The number of hydrogen-bond acceptors (Lipinski definition) is 4. The largest absolute Gasteiger partial charge is 0.366 e. The van der Waals surface area contributed by atoms with Crippen LogP contribution >= 0.6 is 11.6 Å². The summed E-state index contributed by atoms with van der Waals surface area (Å²) >= 11 is 5.94. The Bertz CT molecular complexity index is 884. The highest BCUT2D eigenvalue weighted by Gasteiger charge is 2.09. The van der Waals surface area contributed by atoms with Gasteiger partial charge in [-0.05, 0) is 54.4 Å². The summed E-state index contributed by atoms with van der Waals surface area (Å²) in [4.78, 5) is 20.8. The fourth-order valence-electron chi connectivity index (χ4n) is 2.33. The number of rotatable bonds is 5. The molecule has 2 heterocycles. The summed E-state index contributed by atoms with van der Waals surface area (Å²) in [6, 6.07) is 12.6. The maximum absolute atomic E-state index is 12.5. The van der Waals surface area contributed by atoms with Crippen molar-refractivity contribution in [1.29, 1.82) is 0 Å². The van der Waals surface area contributed by atoms with Crippen molar-refractivity contribution >= 4 is 29.0 Å². The normalized spacial score (nSPS) is 10.3. The fourth-order valence-corrected chi connectivity index (χ4v) is 2.55. The van der Waals surface area contributed by atoms with Gasteiger partial charge in [0.25, 0.3) is 5.91 Å². The van der Waals surface area contributed by atoms with E-state index in [2.05, 4.69) is 20.6 Å². The summed E-state index contributed by atoms with van der Waals surface area (Å²) in [5, 5.41) is 6.72. The van der Waals surface area contributed by atoms with Crippen molar-refractivity contribution in [3.63, 3.8) is 0 Å². The van der Waals surface area contributed by atoms with Crippen molar-refractivity contribution in [2.24, 2.45) is 0 Å². The number of halogens is 1. The third-order valence-electron chi connectivity index (χ3n) is 3.66. The lowest BCUT2D eigenvalue weighted by atomic mass is 10.2. The van der Waals surface area contributed by atoms with Gasteiger partial charge in [-0.3, -0.25) is 9.78 Å². The Hall–Kier alpha value is -2.92. The molecule has 0 radical (unpaired) electrons. The van der Waals surface area contributed by atoms with E-state index in [1.165, 1.54) is 0 Å². The van der Waals surface area contributed by atoms with E-state index >= 15 is 0 Å². The van der Waals surface area contributed by atoms with Gasteiger partial charge in [-0.15, -0.1) is 0 Å².